The SMILES string of the molecule is CCNC(=NCc1ccc(C(F)(F)F)cc1)NCCCn1ccnc1. The fourth-order valence-electron chi connectivity index (χ4n) is 2.20. The minimum Gasteiger partial charge on any atom is -0.357 e. The molecule has 0 aliphatic rings. The van der Waals surface area contributed by atoms with Crippen molar-refractivity contribution in [1.82, 2.24) is 20.2 Å². The smallest absolute Gasteiger partial charge is 0.357 e. The van der Waals surface area contributed by atoms with E-state index in [1.165, 1.54) is 12.1 Å². The van der Waals surface area contributed by atoms with Crippen LogP contribution in [-0.2, 0) is 19.3 Å². The second-order valence-electron chi connectivity index (χ2n) is 5.47. The maximum absolute atomic E-state index is 12.6. The Labute approximate surface area is 145 Å². The Morgan fingerprint density at radius 3 is 2.56 bits per heavy atom. The van der Waals surface area contributed by atoms with Crippen LogP contribution in [0, 0.1) is 0 Å². The van der Waals surface area contributed by atoms with Gasteiger partial charge in [-0.2, -0.15) is 13.2 Å². The zero-order valence-electron chi connectivity index (χ0n) is 14.1. The Morgan fingerprint density at radius 1 is 1.20 bits per heavy atom. The average molecular weight is 353 g/mol. The minimum absolute atomic E-state index is 0.314. The van der Waals surface area contributed by atoms with Crippen molar-refractivity contribution in [1.29, 1.82) is 0 Å². The van der Waals surface area contributed by atoms with Crippen LogP contribution in [0.1, 0.15) is 24.5 Å². The summed E-state index contributed by atoms with van der Waals surface area (Å²) in [4.78, 5) is 8.39. The van der Waals surface area contributed by atoms with E-state index < -0.39 is 11.7 Å². The lowest BCUT2D eigenvalue weighted by atomic mass is 10.1. The first-order valence-corrected chi connectivity index (χ1v) is 8.13. The van der Waals surface area contributed by atoms with Crippen LogP contribution in [0.15, 0.2) is 48.0 Å². The molecule has 0 radical (unpaired) electrons. The van der Waals surface area contributed by atoms with Gasteiger partial charge in [0.05, 0.1) is 18.4 Å². The molecule has 8 heteroatoms. The second-order valence-corrected chi connectivity index (χ2v) is 5.47. The third-order valence-corrected chi connectivity index (χ3v) is 3.49. The summed E-state index contributed by atoms with van der Waals surface area (Å²) in [5.74, 6) is 0.646. The van der Waals surface area contributed by atoms with Crippen LogP contribution < -0.4 is 10.6 Å². The molecule has 0 unspecified atom stereocenters. The third kappa shape index (κ3) is 6.48. The molecule has 0 atom stereocenters. The van der Waals surface area contributed by atoms with Gasteiger partial charge in [0.2, 0.25) is 0 Å². The van der Waals surface area contributed by atoms with Gasteiger partial charge in [-0.25, -0.2) is 9.98 Å². The highest BCUT2D eigenvalue weighted by Gasteiger charge is 2.29. The lowest BCUT2D eigenvalue weighted by molar-refractivity contribution is -0.137. The Hall–Kier alpha value is -2.51. The molecule has 136 valence electrons. The summed E-state index contributed by atoms with van der Waals surface area (Å²) in [6.45, 7) is 4.57. The van der Waals surface area contributed by atoms with Crippen molar-refractivity contribution in [3.63, 3.8) is 0 Å². The van der Waals surface area contributed by atoms with Crippen LogP contribution in [0.3, 0.4) is 0 Å². The molecule has 2 aromatic rings. The molecule has 0 spiro atoms. The molecule has 0 saturated carbocycles. The van der Waals surface area contributed by atoms with Crippen molar-refractivity contribution in [3.05, 3.63) is 54.1 Å². The summed E-state index contributed by atoms with van der Waals surface area (Å²) in [5, 5.41) is 6.34. The Morgan fingerprint density at radius 2 is 1.96 bits per heavy atom. The molecule has 0 aliphatic heterocycles. The van der Waals surface area contributed by atoms with E-state index >= 15 is 0 Å². The average Bonchev–Trinajstić information content (AvgIpc) is 3.09. The van der Waals surface area contributed by atoms with Gasteiger partial charge < -0.3 is 15.2 Å². The normalized spacial score (nSPS) is 12.2. The fourth-order valence-corrected chi connectivity index (χ4v) is 2.20. The summed E-state index contributed by atoms with van der Waals surface area (Å²) in [7, 11) is 0. The minimum atomic E-state index is -4.31. The van der Waals surface area contributed by atoms with Gasteiger partial charge in [-0.1, -0.05) is 12.1 Å². The van der Waals surface area contributed by atoms with Crippen LogP contribution in [-0.4, -0.2) is 28.6 Å². The largest absolute Gasteiger partial charge is 0.416 e. The maximum atomic E-state index is 12.6. The van der Waals surface area contributed by atoms with Gasteiger partial charge >= 0.3 is 6.18 Å². The summed E-state index contributed by atoms with van der Waals surface area (Å²) in [5.41, 5.74) is 0.0772. The van der Waals surface area contributed by atoms with Crippen LogP contribution in [0.25, 0.3) is 0 Å². The lowest BCUT2D eigenvalue weighted by Crippen LogP contribution is -2.38. The molecular weight excluding hydrogens is 331 g/mol. The molecule has 1 aromatic heterocycles. The Balaban J connectivity index is 1.83. The zero-order valence-corrected chi connectivity index (χ0v) is 14.1. The summed E-state index contributed by atoms with van der Waals surface area (Å²) < 4.78 is 39.7. The molecule has 5 nitrogen and oxygen atoms in total. The predicted octanol–water partition coefficient (Wildman–Crippen LogP) is 3.05. The predicted molar refractivity (Wildman–Crippen MR) is 91.1 cm³/mol. The number of alkyl halides is 3. The first-order chi connectivity index (χ1) is 12.0. The maximum Gasteiger partial charge on any atom is 0.416 e. The molecule has 0 saturated heterocycles. The van der Waals surface area contributed by atoms with Gasteiger partial charge in [-0.05, 0) is 31.0 Å². The number of hydrogen-bond donors (Lipinski definition) is 2. The molecule has 1 heterocycles. The van der Waals surface area contributed by atoms with E-state index in [2.05, 4.69) is 20.6 Å². The number of aryl methyl sites for hydroxylation is 1. The number of aromatic nitrogens is 2. The van der Waals surface area contributed by atoms with Gasteiger partial charge in [-0.15, -0.1) is 0 Å². The van der Waals surface area contributed by atoms with E-state index in [0.717, 1.165) is 37.2 Å². The fraction of sp³-hybridized carbons (Fsp3) is 0.412. The van der Waals surface area contributed by atoms with Crippen LogP contribution in [0.2, 0.25) is 0 Å². The zero-order chi connectivity index (χ0) is 18.1. The molecule has 0 fully saturated rings. The number of rotatable bonds is 7. The van der Waals surface area contributed by atoms with Crippen molar-refractivity contribution >= 4 is 5.96 Å². The topological polar surface area (TPSA) is 54.2 Å². The van der Waals surface area contributed by atoms with E-state index in [-0.39, 0.29) is 0 Å². The van der Waals surface area contributed by atoms with Gasteiger partial charge in [-0.3, -0.25) is 0 Å². The van der Waals surface area contributed by atoms with Gasteiger partial charge in [0, 0.05) is 32.0 Å². The molecule has 2 rings (SSSR count). The number of benzene rings is 1. The van der Waals surface area contributed by atoms with E-state index in [4.69, 9.17) is 0 Å². The number of aliphatic imine (C=N–C) groups is 1. The highest BCUT2D eigenvalue weighted by atomic mass is 19.4. The van der Waals surface area contributed by atoms with Crippen LogP contribution >= 0.6 is 0 Å². The Bertz CT molecular complexity index is 648. The van der Waals surface area contributed by atoms with E-state index in [1.807, 2.05) is 17.7 Å². The van der Waals surface area contributed by atoms with Gasteiger partial charge in [0.25, 0.3) is 0 Å². The number of guanidine groups is 1. The van der Waals surface area contributed by atoms with Crippen molar-refractivity contribution in [2.24, 2.45) is 4.99 Å². The standard InChI is InChI=1S/C17H22F3N5/c1-2-22-16(23-8-3-10-25-11-9-21-13-25)24-12-14-4-6-15(7-5-14)17(18,19)20/h4-7,9,11,13H,2-3,8,10,12H2,1H3,(H2,22,23,24). The van der Waals surface area contributed by atoms with E-state index in [1.54, 1.807) is 12.5 Å². The molecular formula is C17H22F3N5. The summed E-state index contributed by atoms with van der Waals surface area (Å²) >= 11 is 0. The third-order valence-electron chi connectivity index (χ3n) is 3.49. The summed E-state index contributed by atoms with van der Waals surface area (Å²) in [6.07, 6.45) is 2.01. The number of hydrogen-bond acceptors (Lipinski definition) is 2. The first-order valence-electron chi connectivity index (χ1n) is 8.13. The molecule has 0 amide bonds. The quantitative estimate of drug-likeness (QED) is 0.457. The van der Waals surface area contributed by atoms with Crippen LogP contribution in [0.5, 0.6) is 0 Å². The van der Waals surface area contributed by atoms with Crippen molar-refractivity contribution in [3.8, 4) is 0 Å². The summed E-state index contributed by atoms with van der Waals surface area (Å²) in [6, 6.07) is 5.07. The van der Waals surface area contributed by atoms with Gasteiger partial charge in [0.1, 0.15) is 0 Å². The highest BCUT2D eigenvalue weighted by Crippen LogP contribution is 2.29. The number of nitrogens with zero attached hydrogens (tertiary/aromatic N) is 3. The molecule has 2 N–H and O–H groups in total. The van der Waals surface area contributed by atoms with Crippen molar-refractivity contribution < 1.29 is 13.2 Å². The molecule has 1 aromatic carbocycles. The molecule has 25 heavy (non-hydrogen) atoms. The Kier molecular flexibility index (Phi) is 6.85. The molecule has 0 aliphatic carbocycles. The molecule has 0 bridgehead atoms. The second kappa shape index (κ2) is 9.10. The van der Waals surface area contributed by atoms with Crippen LogP contribution in [0.4, 0.5) is 13.2 Å². The lowest BCUT2D eigenvalue weighted by Gasteiger charge is -2.12. The first kappa shape index (κ1) is 18.8. The number of nitrogens with one attached hydrogen (secondary N) is 2. The van der Waals surface area contributed by atoms with Gasteiger partial charge in [0.15, 0.2) is 5.96 Å². The number of imidazole rings is 1. The highest BCUT2D eigenvalue weighted by molar-refractivity contribution is 5.79. The number of halogens is 3. The van der Waals surface area contributed by atoms with E-state index in [0.29, 0.717) is 19.0 Å². The van der Waals surface area contributed by atoms with E-state index in [9.17, 15) is 13.2 Å². The monoisotopic (exact) mass is 353 g/mol. The van der Waals surface area contributed by atoms with Crippen molar-refractivity contribution in [2.45, 2.75) is 32.6 Å². The van der Waals surface area contributed by atoms with Crippen molar-refractivity contribution in [2.75, 3.05) is 13.1 Å².